The maximum atomic E-state index is 12.1. The number of hydrogen-bond donors (Lipinski definition) is 1. The van der Waals surface area contributed by atoms with Crippen molar-refractivity contribution in [1.82, 2.24) is 14.7 Å². The zero-order chi connectivity index (χ0) is 16.9. The zero-order valence-electron chi connectivity index (χ0n) is 14.1. The first-order valence-corrected chi connectivity index (χ1v) is 8.02. The first-order valence-electron chi connectivity index (χ1n) is 8.02. The van der Waals surface area contributed by atoms with E-state index in [0.717, 1.165) is 18.5 Å². The van der Waals surface area contributed by atoms with Gasteiger partial charge >= 0.3 is 6.09 Å². The summed E-state index contributed by atoms with van der Waals surface area (Å²) in [6, 6.07) is 2.39. The van der Waals surface area contributed by atoms with E-state index in [9.17, 15) is 4.79 Å². The number of aromatic nitrogens is 2. The molecule has 1 saturated heterocycles. The summed E-state index contributed by atoms with van der Waals surface area (Å²) in [4.78, 5) is 13.8. The number of anilines is 1. The van der Waals surface area contributed by atoms with E-state index in [-0.39, 0.29) is 6.09 Å². The number of carbonyl (C=O) groups excluding carboxylic acids is 1. The first-order chi connectivity index (χ1) is 10.9. The molecule has 7 heteroatoms. The van der Waals surface area contributed by atoms with Crippen molar-refractivity contribution in [3.05, 3.63) is 12.4 Å². The van der Waals surface area contributed by atoms with Crippen molar-refractivity contribution >= 4 is 11.8 Å². The number of nitrogens with zero attached hydrogens (tertiary/aromatic N) is 4. The van der Waals surface area contributed by atoms with Crippen molar-refractivity contribution in [1.29, 1.82) is 5.26 Å². The third-order valence-corrected chi connectivity index (χ3v) is 3.66. The second kappa shape index (κ2) is 7.36. The molecule has 0 saturated carbocycles. The normalized spacial score (nSPS) is 16.0. The molecular weight excluding hydrogens is 294 g/mol. The topological polar surface area (TPSA) is 83.2 Å². The van der Waals surface area contributed by atoms with Gasteiger partial charge in [-0.15, -0.1) is 0 Å². The molecular formula is C16H25N5O2. The van der Waals surface area contributed by atoms with Crippen molar-refractivity contribution in [3.63, 3.8) is 0 Å². The van der Waals surface area contributed by atoms with Gasteiger partial charge in [0.05, 0.1) is 30.4 Å². The van der Waals surface area contributed by atoms with Crippen LogP contribution in [0, 0.1) is 11.3 Å². The summed E-state index contributed by atoms with van der Waals surface area (Å²) < 4.78 is 7.35. The number of amides is 1. The molecule has 0 spiro atoms. The monoisotopic (exact) mass is 319 g/mol. The third-order valence-electron chi connectivity index (χ3n) is 3.66. The van der Waals surface area contributed by atoms with Crippen LogP contribution in [0.1, 0.15) is 46.1 Å². The van der Waals surface area contributed by atoms with Crippen LogP contribution in [0.4, 0.5) is 10.5 Å². The van der Waals surface area contributed by atoms with E-state index in [4.69, 9.17) is 10.00 Å². The molecule has 1 aliphatic rings. The van der Waals surface area contributed by atoms with Crippen molar-refractivity contribution in [2.45, 2.75) is 51.7 Å². The van der Waals surface area contributed by atoms with Crippen LogP contribution in [0.25, 0.3) is 0 Å². The second-order valence-corrected chi connectivity index (χ2v) is 6.74. The molecule has 0 bridgehead atoms. The quantitative estimate of drug-likeness (QED) is 0.863. The number of likely N-dealkylation sites (tertiary alicyclic amines) is 1. The van der Waals surface area contributed by atoms with Crippen molar-refractivity contribution in [2.24, 2.45) is 0 Å². The number of ether oxygens (including phenoxy) is 1. The van der Waals surface area contributed by atoms with Gasteiger partial charge in [-0.25, -0.2) is 4.79 Å². The number of nitriles is 1. The average molecular weight is 319 g/mol. The highest BCUT2D eigenvalue weighted by molar-refractivity contribution is 5.68. The molecule has 0 aliphatic carbocycles. The van der Waals surface area contributed by atoms with Crippen LogP contribution in [0.2, 0.25) is 0 Å². The Hall–Kier alpha value is -2.23. The number of carbonyl (C=O) groups is 1. The highest BCUT2D eigenvalue weighted by Crippen LogP contribution is 2.24. The van der Waals surface area contributed by atoms with E-state index in [0.29, 0.717) is 32.1 Å². The highest BCUT2D eigenvalue weighted by Gasteiger charge is 2.27. The van der Waals surface area contributed by atoms with E-state index in [1.165, 1.54) is 0 Å². The summed E-state index contributed by atoms with van der Waals surface area (Å²) in [5, 5.41) is 16.1. The maximum absolute atomic E-state index is 12.1. The predicted molar refractivity (Wildman–Crippen MR) is 87.0 cm³/mol. The van der Waals surface area contributed by atoms with Crippen molar-refractivity contribution in [2.75, 3.05) is 25.0 Å². The third kappa shape index (κ3) is 5.16. The predicted octanol–water partition coefficient (Wildman–Crippen LogP) is 2.78. The molecule has 1 aliphatic heterocycles. The molecule has 0 aromatic carbocycles. The minimum absolute atomic E-state index is 0.240. The molecule has 23 heavy (non-hydrogen) atoms. The summed E-state index contributed by atoms with van der Waals surface area (Å²) in [6.45, 7) is 7.61. The van der Waals surface area contributed by atoms with Gasteiger partial charge in [-0.05, 0) is 33.6 Å². The number of rotatable bonds is 4. The second-order valence-electron chi connectivity index (χ2n) is 6.74. The molecule has 2 heterocycles. The van der Waals surface area contributed by atoms with Crippen LogP contribution in [0.3, 0.4) is 0 Å². The van der Waals surface area contributed by atoms with E-state index >= 15 is 0 Å². The fourth-order valence-corrected chi connectivity index (χ4v) is 2.53. The Bertz CT molecular complexity index is 562. The molecule has 1 amide bonds. The molecule has 2 rings (SSSR count). The van der Waals surface area contributed by atoms with E-state index in [1.54, 1.807) is 11.1 Å². The Labute approximate surface area is 137 Å². The Morgan fingerprint density at radius 2 is 2.17 bits per heavy atom. The highest BCUT2D eigenvalue weighted by atomic mass is 16.6. The average Bonchev–Trinajstić information content (AvgIpc) is 2.95. The molecule has 0 radical (unpaired) electrons. The summed E-state index contributed by atoms with van der Waals surface area (Å²) >= 11 is 0. The molecule has 0 atom stereocenters. The SMILES string of the molecule is CC(C)(C)OC(=O)N1CCC(n2cc(NCCC#N)cn2)CC1. The van der Waals surface area contributed by atoms with Gasteiger partial charge in [-0.2, -0.15) is 10.4 Å². The van der Waals surface area contributed by atoms with Crippen LogP contribution in [0.15, 0.2) is 12.4 Å². The van der Waals surface area contributed by atoms with Gasteiger partial charge in [0.25, 0.3) is 0 Å². The molecule has 7 nitrogen and oxygen atoms in total. The molecule has 1 N–H and O–H groups in total. The summed E-state index contributed by atoms with van der Waals surface area (Å²) in [5.74, 6) is 0. The number of hydrogen-bond acceptors (Lipinski definition) is 5. The zero-order valence-corrected chi connectivity index (χ0v) is 14.1. The largest absolute Gasteiger partial charge is 0.444 e. The fourth-order valence-electron chi connectivity index (χ4n) is 2.53. The summed E-state index contributed by atoms with van der Waals surface area (Å²) in [7, 11) is 0. The minimum atomic E-state index is -0.458. The molecule has 1 aromatic rings. The summed E-state index contributed by atoms with van der Waals surface area (Å²) in [5.41, 5.74) is 0.467. The lowest BCUT2D eigenvalue weighted by Gasteiger charge is -2.33. The Morgan fingerprint density at radius 1 is 1.48 bits per heavy atom. The Balaban J connectivity index is 1.82. The standard InChI is InChI=1S/C16H25N5O2/c1-16(2,3)23-15(22)20-9-5-14(6-10-20)21-12-13(11-19-21)18-8-4-7-17/h11-12,14,18H,4-6,8-10H2,1-3H3. The molecule has 126 valence electrons. The molecule has 1 fully saturated rings. The Morgan fingerprint density at radius 3 is 2.78 bits per heavy atom. The molecule has 0 unspecified atom stereocenters. The first kappa shape index (κ1) is 17.1. The summed E-state index contributed by atoms with van der Waals surface area (Å²) in [6.07, 6.45) is 5.69. The lowest BCUT2D eigenvalue weighted by Crippen LogP contribution is -2.42. The molecule has 1 aromatic heterocycles. The van der Waals surface area contributed by atoms with Gasteiger partial charge in [0.2, 0.25) is 0 Å². The van der Waals surface area contributed by atoms with Crippen LogP contribution in [-0.4, -0.2) is 46.0 Å². The van der Waals surface area contributed by atoms with Gasteiger partial charge in [0.15, 0.2) is 0 Å². The van der Waals surface area contributed by atoms with Crippen molar-refractivity contribution in [3.8, 4) is 6.07 Å². The van der Waals surface area contributed by atoms with Crippen LogP contribution in [-0.2, 0) is 4.74 Å². The van der Waals surface area contributed by atoms with Crippen LogP contribution < -0.4 is 5.32 Å². The number of piperidine rings is 1. The van der Waals surface area contributed by atoms with Gasteiger partial charge < -0.3 is 15.0 Å². The number of nitrogens with one attached hydrogen (secondary N) is 1. The minimum Gasteiger partial charge on any atom is -0.444 e. The Kier molecular flexibility index (Phi) is 5.48. The van der Waals surface area contributed by atoms with E-state index in [2.05, 4.69) is 16.5 Å². The van der Waals surface area contributed by atoms with E-state index < -0.39 is 5.60 Å². The fraction of sp³-hybridized carbons (Fsp3) is 0.688. The van der Waals surface area contributed by atoms with Crippen LogP contribution in [0.5, 0.6) is 0 Å². The lowest BCUT2D eigenvalue weighted by atomic mass is 10.1. The maximum Gasteiger partial charge on any atom is 0.410 e. The van der Waals surface area contributed by atoms with Gasteiger partial charge in [-0.1, -0.05) is 0 Å². The lowest BCUT2D eigenvalue weighted by molar-refractivity contribution is 0.0185. The van der Waals surface area contributed by atoms with Crippen molar-refractivity contribution < 1.29 is 9.53 Å². The van der Waals surface area contributed by atoms with Gasteiger partial charge in [0, 0.05) is 25.8 Å². The smallest absolute Gasteiger partial charge is 0.410 e. The van der Waals surface area contributed by atoms with Gasteiger partial charge in [-0.3, -0.25) is 4.68 Å². The van der Waals surface area contributed by atoms with Crippen LogP contribution >= 0.6 is 0 Å². The van der Waals surface area contributed by atoms with Gasteiger partial charge in [0.1, 0.15) is 5.60 Å². The van der Waals surface area contributed by atoms with E-state index in [1.807, 2.05) is 31.6 Å².